The molecule has 0 heterocycles. The van der Waals surface area contributed by atoms with Crippen LogP contribution in [-0.2, 0) is 0 Å². The lowest BCUT2D eigenvalue weighted by molar-refractivity contribution is 0.155. The predicted molar refractivity (Wildman–Crippen MR) is 92.7 cm³/mol. The van der Waals surface area contributed by atoms with Crippen molar-refractivity contribution in [2.75, 3.05) is 11.9 Å². The van der Waals surface area contributed by atoms with Crippen LogP contribution < -0.4 is 5.32 Å². The van der Waals surface area contributed by atoms with E-state index in [4.69, 9.17) is 0 Å². The van der Waals surface area contributed by atoms with Crippen molar-refractivity contribution in [1.29, 1.82) is 0 Å². The standard InChI is InChI=1S/C18H22BrNO/c19-17-9-10-18(16-8-4-3-7-15(16)17)20-12-14(21)11-13-5-1-2-6-13/h3-4,7-10,13-14,20-21H,1-2,5-6,11-12H2. The Labute approximate surface area is 134 Å². The second-order valence-electron chi connectivity index (χ2n) is 6.06. The molecule has 2 nitrogen and oxygen atoms in total. The Morgan fingerprint density at radius 1 is 1.10 bits per heavy atom. The van der Waals surface area contributed by atoms with E-state index in [1.54, 1.807) is 0 Å². The molecule has 1 aliphatic carbocycles. The first-order valence-corrected chi connectivity index (χ1v) is 8.62. The lowest BCUT2D eigenvalue weighted by Gasteiger charge is -2.17. The average molecular weight is 348 g/mol. The second-order valence-corrected chi connectivity index (χ2v) is 6.92. The molecule has 0 amide bonds. The summed E-state index contributed by atoms with van der Waals surface area (Å²) in [6.07, 6.45) is 5.93. The summed E-state index contributed by atoms with van der Waals surface area (Å²) < 4.78 is 1.11. The smallest absolute Gasteiger partial charge is 0.0715 e. The number of benzene rings is 2. The van der Waals surface area contributed by atoms with Crippen molar-refractivity contribution in [1.82, 2.24) is 0 Å². The Bertz CT molecular complexity index is 607. The SMILES string of the molecule is OC(CNc1ccc(Br)c2ccccc12)CC1CCCC1. The number of rotatable bonds is 5. The van der Waals surface area contributed by atoms with Crippen molar-refractivity contribution in [2.45, 2.75) is 38.2 Å². The minimum atomic E-state index is -0.254. The summed E-state index contributed by atoms with van der Waals surface area (Å²) in [5, 5.41) is 16.0. The fraction of sp³-hybridized carbons (Fsp3) is 0.444. The molecule has 3 heteroatoms. The third-order valence-electron chi connectivity index (χ3n) is 4.48. The lowest BCUT2D eigenvalue weighted by Crippen LogP contribution is -2.22. The molecule has 1 atom stereocenters. The first kappa shape index (κ1) is 14.9. The molecule has 1 aliphatic rings. The zero-order valence-electron chi connectivity index (χ0n) is 12.2. The topological polar surface area (TPSA) is 32.3 Å². The minimum absolute atomic E-state index is 0.254. The van der Waals surface area contributed by atoms with E-state index in [0.29, 0.717) is 6.54 Å². The minimum Gasteiger partial charge on any atom is -0.391 e. The summed E-state index contributed by atoms with van der Waals surface area (Å²) in [5.41, 5.74) is 1.10. The monoisotopic (exact) mass is 347 g/mol. The van der Waals surface area contributed by atoms with Gasteiger partial charge in [-0.3, -0.25) is 0 Å². The van der Waals surface area contributed by atoms with Crippen LogP contribution in [0.4, 0.5) is 5.69 Å². The van der Waals surface area contributed by atoms with Crippen molar-refractivity contribution < 1.29 is 5.11 Å². The molecule has 112 valence electrons. The summed E-state index contributed by atoms with van der Waals surface area (Å²) in [7, 11) is 0. The van der Waals surface area contributed by atoms with Crippen LogP contribution in [0.5, 0.6) is 0 Å². The van der Waals surface area contributed by atoms with Gasteiger partial charge in [-0.1, -0.05) is 65.9 Å². The van der Waals surface area contributed by atoms with Crippen molar-refractivity contribution >= 4 is 32.4 Å². The molecule has 21 heavy (non-hydrogen) atoms. The average Bonchev–Trinajstić information content (AvgIpc) is 3.00. The zero-order chi connectivity index (χ0) is 14.7. The Morgan fingerprint density at radius 3 is 2.57 bits per heavy atom. The van der Waals surface area contributed by atoms with E-state index < -0.39 is 0 Å². The highest BCUT2D eigenvalue weighted by Gasteiger charge is 2.18. The van der Waals surface area contributed by atoms with E-state index in [0.717, 1.165) is 22.5 Å². The second kappa shape index (κ2) is 6.80. The van der Waals surface area contributed by atoms with Gasteiger partial charge in [-0.05, 0) is 29.9 Å². The highest BCUT2D eigenvalue weighted by molar-refractivity contribution is 9.10. The molecule has 1 fully saturated rings. The van der Waals surface area contributed by atoms with Gasteiger partial charge in [-0.2, -0.15) is 0 Å². The van der Waals surface area contributed by atoms with Gasteiger partial charge in [0.05, 0.1) is 6.10 Å². The number of anilines is 1. The van der Waals surface area contributed by atoms with Crippen molar-refractivity contribution in [2.24, 2.45) is 5.92 Å². The van der Waals surface area contributed by atoms with Gasteiger partial charge in [-0.25, -0.2) is 0 Å². The van der Waals surface area contributed by atoms with Gasteiger partial charge < -0.3 is 10.4 Å². The zero-order valence-corrected chi connectivity index (χ0v) is 13.8. The van der Waals surface area contributed by atoms with Crippen LogP contribution in [0, 0.1) is 5.92 Å². The molecule has 2 aromatic carbocycles. The number of hydrogen-bond acceptors (Lipinski definition) is 2. The van der Waals surface area contributed by atoms with Crippen LogP contribution in [-0.4, -0.2) is 17.8 Å². The number of nitrogens with one attached hydrogen (secondary N) is 1. The van der Waals surface area contributed by atoms with Crippen molar-refractivity contribution in [3.05, 3.63) is 40.9 Å². The van der Waals surface area contributed by atoms with Gasteiger partial charge in [0.25, 0.3) is 0 Å². The van der Waals surface area contributed by atoms with Crippen LogP contribution in [0.3, 0.4) is 0 Å². The van der Waals surface area contributed by atoms with Crippen LogP contribution in [0.1, 0.15) is 32.1 Å². The molecule has 2 N–H and O–H groups in total. The van der Waals surface area contributed by atoms with Gasteiger partial charge in [0.2, 0.25) is 0 Å². The van der Waals surface area contributed by atoms with E-state index in [1.165, 1.54) is 36.5 Å². The van der Waals surface area contributed by atoms with E-state index in [9.17, 15) is 5.11 Å². The van der Waals surface area contributed by atoms with Gasteiger partial charge in [-0.15, -0.1) is 0 Å². The molecule has 0 aliphatic heterocycles. The third-order valence-corrected chi connectivity index (χ3v) is 5.17. The Balaban J connectivity index is 1.66. The molecule has 1 saturated carbocycles. The number of fused-ring (bicyclic) bond motifs is 1. The first-order chi connectivity index (χ1) is 10.2. The lowest BCUT2D eigenvalue weighted by atomic mass is 10.00. The Kier molecular flexibility index (Phi) is 4.81. The maximum absolute atomic E-state index is 10.2. The van der Waals surface area contributed by atoms with Gasteiger partial charge in [0.1, 0.15) is 0 Å². The maximum Gasteiger partial charge on any atom is 0.0715 e. The summed E-state index contributed by atoms with van der Waals surface area (Å²) in [4.78, 5) is 0. The van der Waals surface area contributed by atoms with Gasteiger partial charge in [0.15, 0.2) is 0 Å². The van der Waals surface area contributed by atoms with Crippen molar-refractivity contribution in [3.63, 3.8) is 0 Å². The molecular formula is C18H22BrNO. The van der Waals surface area contributed by atoms with Crippen molar-refractivity contribution in [3.8, 4) is 0 Å². The largest absolute Gasteiger partial charge is 0.391 e. The normalized spacial score (nSPS) is 17.2. The Hall–Kier alpha value is -1.06. The molecule has 0 bridgehead atoms. The number of halogens is 1. The van der Waals surface area contributed by atoms with Crippen LogP contribution in [0.15, 0.2) is 40.9 Å². The molecular weight excluding hydrogens is 326 g/mol. The third kappa shape index (κ3) is 3.58. The summed E-state index contributed by atoms with van der Waals surface area (Å²) in [5.74, 6) is 0.725. The van der Waals surface area contributed by atoms with Crippen LogP contribution in [0.25, 0.3) is 10.8 Å². The van der Waals surface area contributed by atoms with E-state index in [-0.39, 0.29) is 6.10 Å². The number of aliphatic hydroxyl groups excluding tert-OH is 1. The van der Waals surface area contributed by atoms with E-state index in [2.05, 4.69) is 51.6 Å². The summed E-state index contributed by atoms with van der Waals surface area (Å²) in [6.45, 7) is 0.627. The molecule has 0 radical (unpaired) electrons. The number of hydrogen-bond donors (Lipinski definition) is 2. The van der Waals surface area contributed by atoms with E-state index in [1.807, 2.05) is 6.07 Å². The first-order valence-electron chi connectivity index (χ1n) is 7.83. The highest BCUT2D eigenvalue weighted by Crippen LogP contribution is 2.31. The quantitative estimate of drug-likeness (QED) is 0.801. The fourth-order valence-electron chi connectivity index (χ4n) is 3.36. The molecule has 0 saturated heterocycles. The number of aliphatic hydroxyl groups is 1. The molecule has 0 spiro atoms. The Morgan fingerprint density at radius 2 is 1.81 bits per heavy atom. The van der Waals surface area contributed by atoms with Crippen LogP contribution >= 0.6 is 15.9 Å². The van der Waals surface area contributed by atoms with Crippen LogP contribution in [0.2, 0.25) is 0 Å². The summed E-state index contributed by atoms with van der Waals surface area (Å²) >= 11 is 3.59. The van der Waals surface area contributed by atoms with E-state index >= 15 is 0 Å². The molecule has 0 aromatic heterocycles. The predicted octanol–water partition coefficient (Wildman–Crippen LogP) is 4.96. The van der Waals surface area contributed by atoms with Gasteiger partial charge >= 0.3 is 0 Å². The fourth-order valence-corrected chi connectivity index (χ4v) is 3.84. The molecule has 3 rings (SSSR count). The maximum atomic E-state index is 10.2. The highest BCUT2D eigenvalue weighted by atomic mass is 79.9. The molecule has 2 aromatic rings. The summed E-state index contributed by atoms with van der Waals surface area (Å²) in [6, 6.07) is 12.5. The van der Waals surface area contributed by atoms with Gasteiger partial charge in [0, 0.05) is 22.1 Å². The molecule has 1 unspecified atom stereocenters.